The summed E-state index contributed by atoms with van der Waals surface area (Å²) in [5.74, 6) is 0.759. The summed E-state index contributed by atoms with van der Waals surface area (Å²) in [6.07, 6.45) is 8.13. The third kappa shape index (κ3) is 13.8. The van der Waals surface area contributed by atoms with Crippen molar-refractivity contribution >= 4 is 41.1 Å². The van der Waals surface area contributed by atoms with E-state index >= 15 is 0 Å². The normalized spacial score (nSPS) is 16.8. The molecule has 5 heterocycles. The van der Waals surface area contributed by atoms with Gasteiger partial charge in [-0.1, -0.05) is 24.3 Å². The van der Waals surface area contributed by atoms with Crippen LogP contribution in [0.3, 0.4) is 0 Å². The minimum atomic E-state index is -0.724. The molecule has 0 bridgehead atoms. The minimum absolute atomic E-state index is 0.195. The molecule has 2 saturated heterocycles. The molecule has 1 unspecified atom stereocenters. The van der Waals surface area contributed by atoms with Gasteiger partial charge >= 0.3 is 6.09 Å². The van der Waals surface area contributed by atoms with Gasteiger partial charge in [-0.25, -0.2) is 9.78 Å². The van der Waals surface area contributed by atoms with Crippen LogP contribution in [0.25, 0.3) is 11.4 Å². The van der Waals surface area contributed by atoms with Gasteiger partial charge in [-0.3, -0.25) is 34.6 Å². The van der Waals surface area contributed by atoms with Crippen molar-refractivity contribution in [3.63, 3.8) is 0 Å². The number of fused-ring (bicyclic) bond motifs is 1. The number of unbranched alkanes of at least 4 members (excludes halogenated alkanes) is 2. The van der Waals surface area contributed by atoms with Crippen LogP contribution in [0.15, 0.2) is 91.3 Å². The van der Waals surface area contributed by atoms with Crippen molar-refractivity contribution in [3.8, 4) is 17.1 Å². The standard InChI is InChI=1S/C55H68N10O9/c1-37(58-49(67)40-13-8-14-41(34-40)61-55(22-27-64(28-23-55)53(70)74-54(2,3)4)52-60-48(62-63-52)38-20-24-56-25-21-38)39-12-9-15-42(35-39)73-32-7-5-6-29-71-30-11-31-72-33-26-57-45-17-10-16-43-44(45)36-65(51(43)69)46-18-19-47(66)59-50(46)68/h8-10,12-17,20-21,24-25,34-35,37,46,57,61H,5-7,11,18-19,22-23,26-33,36H2,1-4H3,(H,58,67)(H,59,66,68)(H,60,62,63)/t37-,46?/m1/s1. The summed E-state index contributed by atoms with van der Waals surface area (Å²) in [7, 11) is 0. The average molecular weight is 1010 g/mol. The van der Waals surface area contributed by atoms with Crippen LogP contribution in [0.1, 0.15) is 123 Å². The average Bonchev–Trinajstić information content (AvgIpc) is 4.03. The Morgan fingerprint density at radius 1 is 0.865 bits per heavy atom. The van der Waals surface area contributed by atoms with Crippen LogP contribution >= 0.6 is 0 Å². The maximum absolute atomic E-state index is 13.7. The summed E-state index contributed by atoms with van der Waals surface area (Å²) < 4.78 is 23.4. The van der Waals surface area contributed by atoms with Gasteiger partial charge in [0.2, 0.25) is 11.8 Å². The molecule has 2 atom stereocenters. The lowest BCUT2D eigenvalue weighted by Crippen LogP contribution is -2.52. The van der Waals surface area contributed by atoms with Crippen molar-refractivity contribution in [2.75, 3.05) is 63.3 Å². The van der Waals surface area contributed by atoms with Gasteiger partial charge in [-0.2, -0.15) is 5.10 Å². The van der Waals surface area contributed by atoms with Crippen molar-refractivity contribution in [2.24, 2.45) is 0 Å². The SMILES string of the molecule is C[C@@H](NC(=O)c1cccc(NC2(c3nc(-c4ccncc4)n[nH]3)CCN(C(=O)OC(C)(C)C)CC2)c1)c1cccc(OCCCCCOCCCOCCNc2cccc3c2CN(C2CCC(=O)NC2=O)C3=O)c1. The fourth-order valence-corrected chi connectivity index (χ4v) is 9.33. The van der Waals surface area contributed by atoms with Gasteiger partial charge in [0, 0.05) is 98.4 Å². The molecule has 19 nitrogen and oxygen atoms in total. The predicted molar refractivity (Wildman–Crippen MR) is 277 cm³/mol. The Morgan fingerprint density at radius 3 is 2.39 bits per heavy atom. The second-order valence-electron chi connectivity index (χ2n) is 19.9. The van der Waals surface area contributed by atoms with Crippen molar-refractivity contribution in [1.29, 1.82) is 0 Å². The smallest absolute Gasteiger partial charge is 0.410 e. The summed E-state index contributed by atoms with van der Waals surface area (Å²) in [5, 5.41) is 20.2. The molecular formula is C55H68N10O9. The number of hydrogen-bond donors (Lipinski definition) is 5. The summed E-state index contributed by atoms with van der Waals surface area (Å²) in [5.41, 5.74) is 3.88. The number of benzene rings is 3. The number of anilines is 2. The van der Waals surface area contributed by atoms with Gasteiger partial charge < -0.3 is 44.7 Å². The molecule has 2 aromatic heterocycles. The Morgan fingerprint density at radius 2 is 1.61 bits per heavy atom. The van der Waals surface area contributed by atoms with Crippen LogP contribution in [0.5, 0.6) is 5.75 Å². The molecule has 392 valence electrons. The Labute approximate surface area is 431 Å². The van der Waals surface area contributed by atoms with E-state index in [1.54, 1.807) is 34.3 Å². The van der Waals surface area contributed by atoms with E-state index in [1.165, 1.54) is 0 Å². The number of aromatic amines is 1. The molecule has 0 saturated carbocycles. The number of H-pyrrole nitrogens is 1. The number of hydrogen-bond acceptors (Lipinski definition) is 14. The van der Waals surface area contributed by atoms with Gasteiger partial charge in [0.15, 0.2) is 11.6 Å². The van der Waals surface area contributed by atoms with Crippen molar-refractivity contribution in [3.05, 3.63) is 119 Å². The quantitative estimate of drug-likeness (QED) is 0.0315. The number of carbonyl (C=O) groups excluding carboxylic acids is 5. The third-order valence-electron chi connectivity index (χ3n) is 13.3. The van der Waals surface area contributed by atoms with Crippen molar-refractivity contribution < 1.29 is 42.9 Å². The Kier molecular flexibility index (Phi) is 17.6. The molecule has 3 aliphatic rings. The first-order valence-electron chi connectivity index (χ1n) is 25.6. The molecule has 0 aliphatic carbocycles. The summed E-state index contributed by atoms with van der Waals surface area (Å²) in [6.45, 7) is 12.1. The molecule has 3 aliphatic heterocycles. The van der Waals surface area contributed by atoms with Crippen LogP contribution < -0.4 is 26.0 Å². The molecule has 5 amide bonds. The zero-order valence-corrected chi connectivity index (χ0v) is 42.7. The van der Waals surface area contributed by atoms with E-state index in [4.69, 9.17) is 23.9 Å². The lowest BCUT2D eigenvalue weighted by Gasteiger charge is -2.41. The molecule has 5 N–H and O–H groups in total. The number of nitrogens with one attached hydrogen (secondary N) is 5. The largest absolute Gasteiger partial charge is 0.494 e. The first-order chi connectivity index (χ1) is 35.7. The zero-order valence-electron chi connectivity index (χ0n) is 42.7. The van der Waals surface area contributed by atoms with Gasteiger partial charge in [-0.05, 0) is 133 Å². The number of pyridine rings is 1. The summed E-state index contributed by atoms with van der Waals surface area (Å²) >= 11 is 0. The zero-order chi connectivity index (χ0) is 52.1. The first kappa shape index (κ1) is 52.9. The van der Waals surface area contributed by atoms with E-state index in [9.17, 15) is 24.0 Å². The van der Waals surface area contributed by atoms with Crippen molar-refractivity contribution in [2.45, 2.75) is 109 Å². The van der Waals surface area contributed by atoms with Gasteiger partial charge in [0.1, 0.15) is 22.9 Å². The van der Waals surface area contributed by atoms with E-state index in [0.29, 0.717) is 101 Å². The number of aromatic nitrogens is 4. The van der Waals surface area contributed by atoms with Gasteiger partial charge in [0.05, 0.1) is 19.3 Å². The molecule has 19 heteroatoms. The maximum atomic E-state index is 13.7. The monoisotopic (exact) mass is 1010 g/mol. The second kappa shape index (κ2) is 24.6. The summed E-state index contributed by atoms with van der Waals surface area (Å²) in [4.78, 5) is 76.2. The van der Waals surface area contributed by atoms with E-state index in [1.807, 2.05) is 94.4 Å². The number of rotatable bonds is 23. The highest BCUT2D eigenvalue weighted by molar-refractivity contribution is 6.06. The third-order valence-corrected chi connectivity index (χ3v) is 13.3. The van der Waals surface area contributed by atoms with E-state index in [0.717, 1.165) is 59.5 Å². The topological polar surface area (TPSA) is 231 Å². The predicted octanol–water partition coefficient (Wildman–Crippen LogP) is 7.54. The number of piperidine rings is 2. The van der Waals surface area contributed by atoms with Crippen LogP contribution in [-0.4, -0.2) is 124 Å². The Balaban J connectivity index is 0.718. The van der Waals surface area contributed by atoms with Crippen LogP contribution in [0.2, 0.25) is 0 Å². The molecule has 3 aromatic carbocycles. The molecule has 8 rings (SSSR count). The molecule has 74 heavy (non-hydrogen) atoms. The van der Waals surface area contributed by atoms with Crippen LogP contribution in [0, 0.1) is 0 Å². The Bertz CT molecular complexity index is 2740. The number of amides is 5. The van der Waals surface area contributed by atoms with E-state index < -0.39 is 23.1 Å². The number of imide groups is 1. The van der Waals surface area contributed by atoms with Gasteiger partial charge in [-0.15, -0.1) is 0 Å². The lowest BCUT2D eigenvalue weighted by molar-refractivity contribution is -0.136. The first-order valence-corrected chi connectivity index (χ1v) is 25.6. The lowest BCUT2D eigenvalue weighted by atomic mass is 9.86. The van der Waals surface area contributed by atoms with E-state index in [2.05, 4.69) is 36.4 Å². The molecular weight excluding hydrogens is 945 g/mol. The fraction of sp³-hybridized carbons (Fsp3) is 0.455. The number of nitrogens with zero attached hydrogens (tertiary/aromatic N) is 5. The number of carbonyl (C=O) groups is 5. The van der Waals surface area contributed by atoms with E-state index in [-0.39, 0.29) is 36.3 Å². The molecule has 2 fully saturated rings. The molecule has 5 aromatic rings. The molecule has 0 radical (unpaired) electrons. The molecule has 0 spiro atoms. The minimum Gasteiger partial charge on any atom is -0.494 e. The highest BCUT2D eigenvalue weighted by atomic mass is 16.6. The number of likely N-dealkylation sites (tertiary alicyclic amines) is 1. The van der Waals surface area contributed by atoms with Crippen LogP contribution in [0.4, 0.5) is 16.2 Å². The highest BCUT2D eigenvalue weighted by Gasteiger charge is 2.42. The highest BCUT2D eigenvalue weighted by Crippen LogP contribution is 2.37. The summed E-state index contributed by atoms with van der Waals surface area (Å²) in [6, 6.07) is 23.4. The van der Waals surface area contributed by atoms with Crippen molar-refractivity contribution in [1.82, 2.24) is 40.6 Å². The maximum Gasteiger partial charge on any atom is 0.410 e. The Hall–Kier alpha value is -7.38. The number of ether oxygens (including phenoxy) is 4. The van der Waals surface area contributed by atoms with Gasteiger partial charge in [0.25, 0.3) is 11.8 Å². The van der Waals surface area contributed by atoms with Crippen LogP contribution in [-0.2, 0) is 35.9 Å². The second-order valence-corrected chi connectivity index (χ2v) is 19.9. The fourth-order valence-electron chi connectivity index (χ4n) is 9.33.